The zero-order valence-electron chi connectivity index (χ0n) is 15.2. The summed E-state index contributed by atoms with van der Waals surface area (Å²) >= 11 is 0. The highest BCUT2D eigenvalue weighted by Crippen LogP contribution is 2.25. The summed E-state index contributed by atoms with van der Waals surface area (Å²) in [4.78, 5) is 17.2. The van der Waals surface area contributed by atoms with Crippen molar-refractivity contribution in [3.63, 3.8) is 0 Å². The number of carbonyl (C=O) groups is 1. The second-order valence-corrected chi connectivity index (χ2v) is 7.21. The lowest BCUT2D eigenvalue weighted by atomic mass is 10.0. The molecule has 2 fully saturated rings. The molecular weight excluding hydrogens is 316 g/mol. The van der Waals surface area contributed by atoms with Crippen LogP contribution in [0.2, 0.25) is 0 Å². The van der Waals surface area contributed by atoms with Crippen molar-refractivity contribution < 1.29 is 14.6 Å². The molecule has 138 valence electrons. The number of aliphatic hydroxyl groups is 1. The van der Waals surface area contributed by atoms with Gasteiger partial charge in [-0.1, -0.05) is 25.0 Å². The van der Waals surface area contributed by atoms with Crippen LogP contribution in [-0.4, -0.2) is 60.1 Å². The summed E-state index contributed by atoms with van der Waals surface area (Å²) in [7, 11) is 1.59. The number of hydrogen-bond donors (Lipinski definition) is 1. The van der Waals surface area contributed by atoms with Crippen LogP contribution >= 0.6 is 0 Å². The summed E-state index contributed by atoms with van der Waals surface area (Å²) in [6.07, 6.45) is 6.21. The van der Waals surface area contributed by atoms with Crippen molar-refractivity contribution in [1.82, 2.24) is 9.80 Å². The minimum atomic E-state index is -1.11. The fourth-order valence-corrected chi connectivity index (χ4v) is 4.04. The van der Waals surface area contributed by atoms with Gasteiger partial charge in [-0.05, 0) is 56.5 Å². The van der Waals surface area contributed by atoms with Crippen molar-refractivity contribution in [1.29, 1.82) is 0 Å². The van der Waals surface area contributed by atoms with E-state index in [0.29, 0.717) is 17.4 Å². The topological polar surface area (TPSA) is 53.0 Å². The first-order valence-corrected chi connectivity index (χ1v) is 9.54. The van der Waals surface area contributed by atoms with E-state index in [1.54, 1.807) is 25.3 Å². The average molecular weight is 346 g/mol. The number of aliphatic hydroxyl groups excluding tert-OH is 1. The van der Waals surface area contributed by atoms with E-state index in [1.807, 2.05) is 11.0 Å². The van der Waals surface area contributed by atoms with Crippen molar-refractivity contribution in [2.45, 2.75) is 50.7 Å². The molecule has 0 saturated carbocycles. The van der Waals surface area contributed by atoms with E-state index in [4.69, 9.17) is 4.74 Å². The Morgan fingerprint density at radius 3 is 2.64 bits per heavy atom. The van der Waals surface area contributed by atoms with E-state index in [-0.39, 0.29) is 5.91 Å². The van der Waals surface area contributed by atoms with Gasteiger partial charge in [0, 0.05) is 19.1 Å². The molecule has 1 amide bonds. The number of carbonyl (C=O) groups excluding carboxylic acids is 1. The van der Waals surface area contributed by atoms with Crippen LogP contribution in [0, 0.1) is 0 Å². The summed E-state index contributed by atoms with van der Waals surface area (Å²) < 4.78 is 5.20. The summed E-state index contributed by atoms with van der Waals surface area (Å²) in [6, 6.07) is 7.58. The predicted octanol–water partition coefficient (Wildman–Crippen LogP) is 2.60. The second kappa shape index (κ2) is 8.68. The molecule has 25 heavy (non-hydrogen) atoms. The van der Waals surface area contributed by atoms with Gasteiger partial charge in [-0.25, -0.2) is 0 Å². The lowest BCUT2D eigenvalue weighted by molar-refractivity contribution is -0.142. The number of likely N-dealkylation sites (tertiary alicyclic amines) is 2. The van der Waals surface area contributed by atoms with Gasteiger partial charge in [0.1, 0.15) is 5.75 Å². The molecule has 0 aliphatic carbocycles. The number of nitrogens with zero attached hydrogens (tertiary/aromatic N) is 2. The fourth-order valence-electron chi connectivity index (χ4n) is 4.04. The maximum Gasteiger partial charge on any atom is 0.256 e. The van der Waals surface area contributed by atoms with Crippen LogP contribution in [0.3, 0.4) is 0 Å². The molecular formula is C20H30N2O3. The van der Waals surface area contributed by atoms with Crippen molar-refractivity contribution in [2.24, 2.45) is 0 Å². The van der Waals surface area contributed by atoms with E-state index in [9.17, 15) is 9.90 Å². The molecule has 5 nitrogen and oxygen atoms in total. The Hall–Kier alpha value is -1.59. The Morgan fingerprint density at radius 1 is 1.16 bits per heavy atom. The summed E-state index contributed by atoms with van der Waals surface area (Å²) in [6.45, 7) is 3.76. The molecule has 5 heteroatoms. The quantitative estimate of drug-likeness (QED) is 0.910. The molecule has 2 aliphatic heterocycles. The van der Waals surface area contributed by atoms with Gasteiger partial charge in [-0.2, -0.15) is 0 Å². The first-order chi connectivity index (χ1) is 12.2. The van der Waals surface area contributed by atoms with E-state index >= 15 is 0 Å². The molecule has 1 aromatic rings. The third-order valence-electron chi connectivity index (χ3n) is 5.51. The standard InChI is InChI=1S/C20H30N2O3/c1-25-18-10-6-8-16(14-18)19(23)20(24)22-13-7-9-17(15-22)21-11-4-2-3-5-12-21/h6,8,10,14,17,19,23H,2-5,7,9,11-13,15H2,1H3. The van der Waals surface area contributed by atoms with Gasteiger partial charge in [0.25, 0.3) is 5.91 Å². The van der Waals surface area contributed by atoms with Gasteiger partial charge >= 0.3 is 0 Å². The molecule has 2 saturated heterocycles. The molecule has 3 rings (SSSR count). The van der Waals surface area contributed by atoms with Crippen LogP contribution in [0.1, 0.15) is 50.2 Å². The van der Waals surface area contributed by atoms with Crippen LogP contribution in [-0.2, 0) is 4.79 Å². The van der Waals surface area contributed by atoms with E-state index in [2.05, 4.69) is 4.90 Å². The van der Waals surface area contributed by atoms with Crippen molar-refractivity contribution >= 4 is 5.91 Å². The lowest BCUT2D eigenvalue weighted by Gasteiger charge is -2.39. The summed E-state index contributed by atoms with van der Waals surface area (Å²) in [5.74, 6) is 0.471. The Kier molecular flexibility index (Phi) is 6.32. The minimum absolute atomic E-state index is 0.187. The predicted molar refractivity (Wildman–Crippen MR) is 97.6 cm³/mol. The van der Waals surface area contributed by atoms with Crippen LogP contribution in [0.5, 0.6) is 5.75 Å². The second-order valence-electron chi connectivity index (χ2n) is 7.21. The molecule has 0 bridgehead atoms. The number of hydrogen-bond acceptors (Lipinski definition) is 4. The summed E-state index contributed by atoms with van der Waals surface area (Å²) in [5, 5.41) is 10.5. The van der Waals surface area contributed by atoms with Gasteiger partial charge in [0.15, 0.2) is 6.10 Å². The van der Waals surface area contributed by atoms with Gasteiger partial charge in [-0.15, -0.1) is 0 Å². The lowest BCUT2D eigenvalue weighted by Crippen LogP contribution is -2.51. The highest BCUT2D eigenvalue weighted by atomic mass is 16.5. The monoisotopic (exact) mass is 346 g/mol. The average Bonchev–Trinajstić information content (AvgIpc) is 2.96. The number of rotatable bonds is 4. The SMILES string of the molecule is COc1cccc(C(O)C(=O)N2CCCC(N3CCCCCC3)C2)c1. The molecule has 2 heterocycles. The van der Waals surface area contributed by atoms with Gasteiger partial charge < -0.3 is 14.7 Å². The first kappa shape index (κ1) is 18.2. The summed E-state index contributed by atoms with van der Waals surface area (Å²) in [5.41, 5.74) is 0.598. The Bertz CT molecular complexity index is 570. The number of piperidine rings is 1. The van der Waals surface area contributed by atoms with Crippen molar-refractivity contribution in [2.75, 3.05) is 33.3 Å². The Morgan fingerprint density at radius 2 is 1.92 bits per heavy atom. The largest absolute Gasteiger partial charge is 0.497 e. The molecule has 2 unspecified atom stereocenters. The third-order valence-corrected chi connectivity index (χ3v) is 5.51. The molecule has 1 N–H and O–H groups in total. The fraction of sp³-hybridized carbons (Fsp3) is 0.650. The zero-order valence-corrected chi connectivity index (χ0v) is 15.2. The number of benzene rings is 1. The smallest absolute Gasteiger partial charge is 0.256 e. The maximum absolute atomic E-state index is 12.8. The number of amides is 1. The van der Waals surface area contributed by atoms with E-state index < -0.39 is 6.10 Å². The van der Waals surface area contributed by atoms with E-state index in [0.717, 1.165) is 39.0 Å². The van der Waals surface area contributed by atoms with Crippen LogP contribution in [0.15, 0.2) is 24.3 Å². The molecule has 0 spiro atoms. The minimum Gasteiger partial charge on any atom is -0.497 e. The molecule has 2 aliphatic rings. The van der Waals surface area contributed by atoms with Crippen LogP contribution in [0.4, 0.5) is 0 Å². The van der Waals surface area contributed by atoms with Gasteiger partial charge in [0.05, 0.1) is 7.11 Å². The normalized spacial score (nSPS) is 23.8. The first-order valence-electron chi connectivity index (χ1n) is 9.54. The zero-order chi connectivity index (χ0) is 17.6. The van der Waals surface area contributed by atoms with E-state index in [1.165, 1.54) is 25.7 Å². The van der Waals surface area contributed by atoms with Crippen LogP contribution < -0.4 is 4.74 Å². The highest BCUT2D eigenvalue weighted by Gasteiger charge is 2.31. The van der Waals surface area contributed by atoms with Crippen molar-refractivity contribution in [3.8, 4) is 5.75 Å². The Balaban J connectivity index is 1.64. The van der Waals surface area contributed by atoms with Crippen molar-refractivity contribution in [3.05, 3.63) is 29.8 Å². The van der Waals surface area contributed by atoms with Crippen LogP contribution in [0.25, 0.3) is 0 Å². The number of ether oxygens (including phenoxy) is 1. The third kappa shape index (κ3) is 4.53. The van der Waals surface area contributed by atoms with Gasteiger partial charge in [-0.3, -0.25) is 9.69 Å². The molecule has 2 atom stereocenters. The molecule has 1 aromatic carbocycles. The van der Waals surface area contributed by atoms with Gasteiger partial charge in [0.2, 0.25) is 0 Å². The highest BCUT2D eigenvalue weighted by molar-refractivity contribution is 5.82. The molecule has 0 aromatic heterocycles. The Labute approximate surface area is 150 Å². The molecule has 0 radical (unpaired) electrons. The number of methoxy groups -OCH3 is 1. The maximum atomic E-state index is 12.8.